The van der Waals surface area contributed by atoms with Crippen LogP contribution in [-0.2, 0) is 24.2 Å². The molecule has 0 amide bonds. The number of aliphatic imine (C=N–C) groups is 1. The minimum atomic E-state index is 0. The molecule has 7 nitrogen and oxygen atoms in total. The topological polar surface area (TPSA) is 76.4 Å². The number of nitrogens with one attached hydrogen (secondary N) is 2. The lowest BCUT2D eigenvalue weighted by Gasteiger charge is -2.11. The SMILES string of the molecule is C=CCNC(=NCc1nnc2n1CCCCC2)NCCCOC.I. The molecule has 0 aliphatic carbocycles. The molecule has 24 heavy (non-hydrogen) atoms. The summed E-state index contributed by atoms with van der Waals surface area (Å²) < 4.78 is 7.29. The second kappa shape index (κ2) is 12.2. The molecule has 2 heterocycles. The minimum Gasteiger partial charge on any atom is -0.385 e. The number of hydrogen-bond donors (Lipinski definition) is 2. The summed E-state index contributed by atoms with van der Waals surface area (Å²) in [4.78, 5) is 4.62. The van der Waals surface area contributed by atoms with Crippen molar-refractivity contribution in [1.29, 1.82) is 0 Å². The van der Waals surface area contributed by atoms with Gasteiger partial charge in [0, 0.05) is 39.8 Å². The molecule has 0 atom stereocenters. The van der Waals surface area contributed by atoms with E-state index in [0.29, 0.717) is 13.1 Å². The number of ether oxygens (including phenoxy) is 1. The zero-order valence-electron chi connectivity index (χ0n) is 14.5. The van der Waals surface area contributed by atoms with E-state index >= 15 is 0 Å². The van der Waals surface area contributed by atoms with Gasteiger partial charge in [-0.15, -0.1) is 40.8 Å². The van der Waals surface area contributed by atoms with Gasteiger partial charge in [0.2, 0.25) is 0 Å². The van der Waals surface area contributed by atoms with Crippen molar-refractivity contribution in [3.05, 3.63) is 24.3 Å². The predicted molar refractivity (Wildman–Crippen MR) is 107 cm³/mol. The van der Waals surface area contributed by atoms with Crippen LogP contribution in [0.25, 0.3) is 0 Å². The lowest BCUT2D eigenvalue weighted by atomic mass is 10.2. The normalized spacial score (nSPS) is 14.3. The van der Waals surface area contributed by atoms with Crippen molar-refractivity contribution in [2.45, 2.75) is 45.2 Å². The lowest BCUT2D eigenvalue weighted by Crippen LogP contribution is -2.38. The van der Waals surface area contributed by atoms with Crippen molar-refractivity contribution in [2.24, 2.45) is 4.99 Å². The molecule has 1 aromatic rings. The molecule has 1 aliphatic rings. The first-order chi connectivity index (χ1) is 11.3. The molecule has 136 valence electrons. The van der Waals surface area contributed by atoms with Gasteiger partial charge in [0.25, 0.3) is 0 Å². The molecule has 0 saturated heterocycles. The molecular weight excluding hydrogens is 419 g/mol. The fraction of sp³-hybridized carbons (Fsp3) is 0.688. The largest absolute Gasteiger partial charge is 0.385 e. The third-order valence-corrected chi connectivity index (χ3v) is 3.80. The van der Waals surface area contributed by atoms with Gasteiger partial charge in [-0.25, -0.2) is 4.99 Å². The fourth-order valence-electron chi connectivity index (χ4n) is 2.58. The molecule has 1 aliphatic heterocycles. The summed E-state index contributed by atoms with van der Waals surface area (Å²) >= 11 is 0. The number of aryl methyl sites for hydroxylation is 1. The van der Waals surface area contributed by atoms with Gasteiger partial charge < -0.3 is 19.9 Å². The maximum absolute atomic E-state index is 5.06. The van der Waals surface area contributed by atoms with Crippen LogP contribution in [0.2, 0.25) is 0 Å². The number of guanidine groups is 1. The van der Waals surface area contributed by atoms with E-state index in [-0.39, 0.29) is 24.0 Å². The highest BCUT2D eigenvalue weighted by Gasteiger charge is 2.14. The third-order valence-electron chi connectivity index (χ3n) is 3.80. The first-order valence-corrected chi connectivity index (χ1v) is 8.38. The van der Waals surface area contributed by atoms with Gasteiger partial charge in [-0.1, -0.05) is 12.5 Å². The van der Waals surface area contributed by atoms with Crippen LogP contribution in [0.4, 0.5) is 0 Å². The maximum Gasteiger partial charge on any atom is 0.191 e. The van der Waals surface area contributed by atoms with E-state index in [0.717, 1.165) is 50.1 Å². The lowest BCUT2D eigenvalue weighted by molar-refractivity contribution is 0.195. The zero-order valence-corrected chi connectivity index (χ0v) is 16.8. The van der Waals surface area contributed by atoms with Crippen molar-refractivity contribution < 1.29 is 4.74 Å². The van der Waals surface area contributed by atoms with E-state index in [4.69, 9.17) is 4.74 Å². The van der Waals surface area contributed by atoms with Crippen LogP contribution in [0.5, 0.6) is 0 Å². The van der Waals surface area contributed by atoms with Gasteiger partial charge in [0.05, 0.1) is 0 Å². The maximum atomic E-state index is 5.06. The molecule has 0 spiro atoms. The Morgan fingerprint density at radius 2 is 2.21 bits per heavy atom. The number of rotatable bonds is 8. The van der Waals surface area contributed by atoms with Crippen LogP contribution in [0.3, 0.4) is 0 Å². The van der Waals surface area contributed by atoms with Crippen LogP contribution in [-0.4, -0.2) is 47.5 Å². The average Bonchev–Trinajstić information content (AvgIpc) is 2.80. The summed E-state index contributed by atoms with van der Waals surface area (Å²) in [5.41, 5.74) is 0. The first kappa shape index (κ1) is 20.9. The Morgan fingerprint density at radius 1 is 1.33 bits per heavy atom. The number of aromatic nitrogens is 3. The van der Waals surface area contributed by atoms with Crippen molar-refractivity contribution in [2.75, 3.05) is 26.8 Å². The summed E-state index contributed by atoms with van der Waals surface area (Å²) in [6, 6.07) is 0. The smallest absolute Gasteiger partial charge is 0.191 e. The zero-order chi connectivity index (χ0) is 16.3. The van der Waals surface area contributed by atoms with Gasteiger partial charge in [-0.2, -0.15) is 0 Å². The monoisotopic (exact) mass is 448 g/mol. The number of hydrogen-bond acceptors (Lipinski definition) is 4. The van der Waals surface area contributed by atoms with E-state index in [2.05, 4.69) is 37.0 Å². The molecule has 0 unspecified atom stereocenters. The quantitative estimate of drug-likeness (QED) is 0.209. The molecule has 0 fully saturated rings. The van der Waals surface area contributed by atoms with E-state index in [1.165, 1.54) is 19.3 Å². The first-order valence-electron chi connectivity index (χ1n) is 8.38. The van der Waals surface area contributed by atoms with Crippen LogP contribution in [0.15, 0.2) is 17.6 Å². The number of fused-ring (bicyclic) bond motifs is 1. The van der Waals surface area contributed by atoms with E-state index in [1.54, 1.807) is 7.11 Å². The fourth-order valence-corrected chi connectivity index (χ4v) is 2.58. The number of halogens is 1. The summed E-state index contributed by atoms with van der Waals surface area (Å²) in [6.07, 6.45) is 7.43. The minimum absolute atomic E-state index is 0. The molecule has 0 aromatic carbocycles. The summed E-state index contributed by atoms with van der Waals surface area (Å²) in [6.45, 7) is 7.49. The highest BCUT2D eigenvalue weighted by atomic mass is 127. The van der Waals surface area contributed by atoms with E-state index in [9.17, 15) is 0 Å². The Balaban J connectivity index is 0.00000288. The van der Waals surface area contributed by atoms with Crippen LogP contribution in [0.1, 0.15) is 37.3 Å². The molecule has 2 rings (SSSR count). The van der Waals surface area contributed by atoms with Crippen molar-refractivity contribution >= 4 is 29.9 Å². The van der Waals surface area contributed by atoms with Gasteiger partial charge in [-0.05, 0) is 19.3 Å². The molecule has 1 aromatic heterocycles. The van der Waals surface area contributed by atoms with Gasteiger partial charge in [-0.3, -0.25) is 0 Å². The van der Waals surface area contributed by atoms with Crippen molar-refractivity contribution in [3.63, 3.8) is 0 Å². The molecule has 8 heteroatoms. The summed E-state index contributed by atoms with van der Waals surface area (Å²) in [7, 11) is 1.71. The van der Waals surface area contributed by atoms with Crippen molar-refractivity contribution in [3.8, 4) is 0 Å². The van der Waals surface area contributed by atoms with Gasteiger partial charge in [0.1, 0.15) is 12.4 Å². The number of nitrogens with zero attached hydrogens (tertiary/aromatic N) is 4. The molecular formula is C16H29IN6O. The Hall–Kier alpha value is -1.16. The van der Waals surface area contributed by atoms with Crippen molar-refractivity contribution in [1.82, 2.24) is 25.4 Å². The molecule has 2 N–H and O–H groups in total. The molecule has 0 saturated carbocycles. The van der Waals surface area contributed by atoms with Crippen LogP contribution >= 0.6 is 24.0 Å². The van der Waals surface area contributed by atoms with Gasteiger partial charge in [0.15, 0.2) is 11.8 Å². The van der Waals surface area contributed by atoms with Gasteiger partial charge >= 0.3 is 0 Å². The second-order valence-electron chi connectivity index (χ2n) is 5.60. The average molecular weight is 448 g/mol. The standard InChI is InChI=1S/C16H28N6O.HI/c1-3-9-17-16(18-10-7-12-23-2)19-13-15-21-20-14-8-5-4-6-11-22(14)15;/h3H,1,4-13H2,2H3,(H2,17,18,19);1H. The highest BCUT2D eigenvalue weighted by Crippen LogP contribution is 2.14. The molecule has 0 radical (unpaired) electrons. The van der Waals surface area contributed by atoms with E-state index < -0.39 is 0 Å². The summed E-state index contributed by atoms with van der Waals surface area (Å²) in [5, 5.41) is 15.1. The number of methoxy groups -OCH3 is 1. The highest BCUT2D eigenvalue weighted by molar-refractivity contribution is 14.0. The van der Waals surface area contributed by atoms with E-state index in [1.807, 2.05) is 6.08 Å². The third kappa shape index (κ3) is 6.76. The predicted octanol–water partition coefficient (Wildman–Crippen LogP) is 1.88. The Kier molecular flexibility index (Phi) is 10.6. The Labute approximate surface area is 161 Å². The van der Waals surface area contributed by atoms with Crippen LogP contribution in [0, 0.1) is 0 Å². The molecule has 0 bridgehead atoms. The Bertz CT molecular complexity index is 517. The summed E-state index contributed by atoms with van der Waals surface area (Å²) in [5.74, 6) is 2.81. The Morgan fingerprint density at radius 3 is 3.00 bits per heavy atom. The van der Waals surface area contributed by atoms with Crippen LogP contribution < -0.4 is 10.6 Å². The second-order valence-corrected chi connectivity index (χ2v) is 5.60.